The molecule has 2 heterocycles. The number of amides is 1. The molecule has 0 bridgehead atoms. The second-order valence-electron chi connectivity index (χ2n) is 7.57. The maximum absolute atomic E-state index is 12.7. The Morgan fingerprint density at radius 2 is 1.52 bits per heavy atom. The molecular formula is C25H27N3O. The van der Waals surface area contributed by atoms with Crippen LogP contribution in [0, 0.1) is 0 Å². The molecule has 4 heteroatoms. The molecule has 3 aromatic rings. The lowest BCUT2D eigenvalue weighted by Crippen LogP contribution is -2.25. The molecule has 0 atom stereocenters. The van der Waals surface area contributed by atoms with E-state index in [1.54, 1.807) is 0 Å². The van der Waals surface area contributed by atoms with E-state index in [-0.39, 0.29) is 11.8 Å². The van der Waals surface area contributed by atoms with Gasteiger partial charge in [0.2, 0.25) is 5.91 Å². The van der Waals surface area contributed by atoms with Crippen molar-refractivity contribution in [3.8, 4) is 0 Å². The first-order valence-corrected chi connectivity index (χ1v) is 10.4. The van der Waals surface area contributed by atoms with Gasteiger partial charge in [0.25, 0.3) is 0 Å². The first-order chi connectivity index (χ1) is 14.3. The molecule has 1 amide bonds. The standard InChI is InChI=1S/C25H27N3O/c29-25(27-19-20-13-14-24(26-18-20)28-15-7-8-16-28)17-23(21-9-3-1-4-10-21)22-11-5-2-6-12-22/h1-6,9-14,18,23H,7-8,15-17,19H2,(H,27,29). The number of aromatic nitrogens is 1. The van der Waals surface area contributed by atoms with Crippen LogP contribution < -0.4 is 10.2 Å². The molecule has 1 aromatic heterocycles. The lowest BCUT2D eigenvalue weighted by molar-refractivity contribution is -0.121. The normalized spacial score (nSPS) is 13.6. The van der Waals surface area contributed by atoms with E-state index in [4.69, 9.17) is 0 Å². The number of benzene rings is 2. The van der Waals surface area contributed by atoms with E-state index >= 15 is 0 Å². The van der Waals surface area contributed by atoms with Crippen molar-refractivity contribution in [2.75, 3.05) is 18.0 Å². The maximum atomic E-state index is 12.7. The van der Waals surface area contributed by atoms with Gasteiger partial charge >= 0.3 is 0 Å². The van der Waals surface area contributed by atoms with Crippen molar-refractivity contribution >= 4 is 11.7 Å². The summed E-state index contributed by atoms with van der Waals surface area (Å²) in [4.78, 5) is 19.6. The Morgan fingerprint density at radius 1 is 0.897 bits per heavy atom. The van der Waals surface area contributed by atoms with Crippen LogP contribution in [-0.2, 0) is 11.3 Å². The smallest absolute Gasteiger partial charge is 0.221 e. The van der Waals surface area contributed by atoms with Gasteiger partial charge in [0.05, 0.1) is 0 Å². The van der Waals surface area contributed by atoms with Gasteiger partial charge in [-0.2, -0.15) is 0 Å². The third-order valence-electron chi connectivity index (χ3n) is 5.52. The molecule has 4 nitrogen and oxygen atoms in total. The fourth-order valence-electron chi connectivity index (χ4n) is 3.91. The number of nitrogens with zero attached hydrogens (tertiary/aromatic N) is 2. The largest absolute Gasteiger partial charge is 0.357 e. The van der Waals surface area contributed by atoms with E-state index in [1.165, 1.54) is 12.8 Å². The minimum atomic E-state index is 0.0475. The molecule has 0 radical (unpaired) electrons. The molecule has 1 N–H and O–H groups in total. The molecule has 0 saturated carbocycles. The van der Waals surface area contributed by atoms with Gasteiger partial charge in [-0.15, -0.1) is 0 Å². The second kappa shape index (κ2) is 9.37. The Morgan fingerprint density at radius 3 is 2.07 bits per heavy atom. The van der Waals surface area contributed by atoms with Crippen molar-refractivity contribution < 1.29 is 4.79 Å². The minimum absolute atomic E-state index is 0.0475. The molecule has 0 unspecified atom stereocenters. The van der Waals surface area contributed by atoms with Gasteiger partial charge in [-0.25, -0.2) is 4.98 Å². The van der Waals surface area contributed by atoms with Crippen LogP contribution in [0.1, 0.15) is 41.9 Å². The molecule has 29 heavy (non-hydrogen) atoms. The maximum Gasteiger partial charge on any atom is 0.221 e. The first-order valence-electron chi connectivity index (χ1n) is 10.4. The van der Waals surface area contributed by atoms with Gasteiger partial charge < -0.3 is 10.2 Å². The van der Waals surface area contributed by atoms with Crippen LogP contribution in [0.15, 0.2) is 79.0 Å². The summed E-state index contributed by atoms with van der Waals surface area (Å²) < 4.78 is 0. The van der Waals surface area contributed by atoms with Crippen LogP contribution >= 0.6 is 0 Å². The fraction of sp³-hybridized carbons (Fsp3) is 0.280. The predicted octanol–water partition coefficient (Wildman–Crippen LogP) is 4.52. The number of pyridine rings is 1. The third-order valence-corrected chi connectivity index (χ3v) is 5.52. The Bertz CT molecular complexity index is 864. The highest BCUT2D eigenvalue weighted by molar-refractivity contribution is 5.77. The van der Waals surface area contributed by atoms with Gasteiger partial charge in [-0.3, -0.25) is 4.79 Å². The summed E-state index contributed by atoms with van der Waals surface area (Å²) in [5.41, 5.74) is 3.34. The van der Waals surface area contributed by atoms with E-state index in [9.17, 15) is 4.79 Å². The van der Waals surface area contributed by atoms with Crippen molar-refractivity contribution in [2.24, 2.45) is 0 Å². The van der Waals surface area contributed by atoms with Crippen molar-refractivity contribution in [3.63, 3.8) is 0 Å². The summed E-state index contributed by atoms with van der Waals surface area (Å²) in [5, 5.41) is 3.07. The summed E-state index contributed by atoms with van der Waals surface area (Å²) in [7, 11) is 0. The van der Waals surface area contributed by atoms with Crippen molar-refractivity contribution in [2.45, 2.75) is 31.7 Å². The van der Waals surface area contributed by atoms with E-state index in [2.05, 4.69) is 51.6 Å². The van der Waals surface area contributed by atoms with E-state index in [1.807, 2.05) is 42.6 Å². The van der Waals surface area contributed by atoms with Gasteiger partial charge in [-0.05, 0) is 35.6 Å². The van der Waals surface area contributed by atoms with Crippen molar-refractivity contribution in [3.05, 3.63) is 95.7 Å². The highest BCUT2D eigenvalue weighted by Gasteiger charge is 2.18. The minimum Gasteiger partial charge on any atom is -0.357 e. The fourth-order valence-corrected chi connectivity index (χ4v) is 3.91. The Labute approximate surface area is 172 Å². The molecule has 1 saturated heterocycles. The molecule has 1 fully saturated rings. The summed E-state index contributed by atoms with van der Waals surface area (Å²) in [6.45, 7) is 2.68. The zero-order valence-electron chi connectivity index (χ0n) is 16.6. The molecular weight excluding hydrogens is 358 g/mol. The second-order valence-corrected chi connectivity index (χ2v) is 7.57. The van der Waals surface area contributed by atoms with Crippen LogP contribution in [-0.4, -0.2) is 24.0 Å². The Hall–Kier alpha value is -3.14. The van der Waals surface area contributed by atoms with Crippen LogP contribution in [0.3, 0.4) is 0 Å². The number of nitrogens with one attached hydrogen (secondary N) is 1. The van der Waals surface area contributed by atoms with Gasteiger partial charge in [-0.1, -0.05) is 66.7 Å². The quantitative estimate of drug-likeness (QED) is 0.650. The molecule has 1 aliphatic rings. The van der Waals surface area contributed by atoms with Crippen LogP contribution in [0.5, 0.6) is 0 Å². The highest BCUT2D eigenvalue weighted by Crippen LogP contribution is 2.27. The summed E-state index contributed by atoms with van der Waals surface area (Å²) in [5.74, 6) is 1.13. The van der Waals surface area contributed by atoms with Crippen LogP contribution in [0.4, 0.5) is 5.82 Å². The van der Waals surface area contributed by atoms with Gasteiger partial charge in [0, 0.05) is 38.2 Å². The Balaban J connectivity index is 1.38. The molecule has 1 aliphatic heterocycles. The third kappa shape index (κ3) is 5.02. The SMILES string of the molecule is O=C(CC(c1ccccc1)c1ccccc1)NCc1ccc(N2CCCC2)nc1. The lowest BCUT2D eigenvalue weighted by Gasteiger charge is -2.18. The molecule has 2 aromatic carbocycles. The topological polar surface area (TPSA) is 45.2 Å². The number of rotatable bonds is 7. The monoisotopic (exact) mass is 385 g/mol. The van der Waals surface area contributed by atoms with Gasteiger partial charge in [0.15, 0.2) is 0 Å². The predicted molar refractivity (Wildman–Crippen MR) is 117 cm³/mol. The number of hydrogen-bond donors (Lipinski definition) is 1. The van der Waals surface area contributed by atoms with E-state index in [0.29, 0.717) is 13.0 Å². The van der Waals surface area contributed by atoms with Gasteiger partial charge in [0.1, 0.15) is 5.82 Å². The van der Waals surface area contributed by atoms with Crippen molar-refractivity contribution in [1.29, 1.82) is 0 Å². The first kappa shape index (κ1) is 19.2. The summed E-state index contributed by atoms with van der Waals surface area (Å²) in [6.07, 6.45) is 4.78. The Kier molecular flexibility index (Phi) is 6.20. The number of carbonyl (C=O) groups is 1. The van der Waals surface area contributed by atoms with E-state index < -0.39 is 0 Å². The summed E-state index contributed by atoms with van der Waals surface area (Å²) in [6, 6.07) is 24.6. The van der Waals surface area contributed by atoms with Crippen molar-refractivity contribution in [1.82, 2.24) is 10.3 Å². The number of anilines is 1. The molecule has 0 aliphatic carbocycles. The number of hydrogen-bond acceptors (Lipinski definition) is 3. The van der Waals surface area contributed by atoms with Crippen LogP contribution in [0.25, 0.3) is 0 Å². The summed E-state index contributed by atoms with van der Waals surface area (Å²) >= 11 is 0. The zero-order valence-corrected chi connectivity index (χ0v) is 16.6. The highest BCUT2D eigenvalue weighted by atomic mass is 16.1. The average molecular weight is 386 g/mol. The van der Waals surface area contributed by atoms with E-state index in [0.717, 1.165) is 35.6 Å². The van der Waals surface area contributed by atoms with Crippen LogP contribution in [0.2, 0.25) is 0 Å². The molecule has 0 spiro atoms. The lowest BCUT2D eigenvalue weighted by atomic mass is 9.88. The average Bonchev–Trinajstić information content (AvgIpc) is 3.33. The zero-order chi connectivity index (χ0) is 19.9. The number of carbonyl (C=O) groups excluding carboxylic acids is 1. The molecule has 148 valence electrons. The molecule has 4 rings (SSSR count).